The largest absolute Gasteiger partial charge is 0.493 e. The number of aryl methyl sites for hydroxylation is 1. The monoisotopic (exact) mass is 458 g/mol. The van der Waals surface area contributed by atoms with Crippen molar-refractivity contribution < 1.29 is 33.4 Å². The van der Waals surface area contributed by atoms with Crippen molar-refractivity contribution in [2.24, 2.45) is 0 Å². The molecule has 0 bridgehead atoms. The maximum atomic E-state index is 11.2. The van der Waals surface area contributed by atoms with Gasteiger partial charge >= 0.3 is 5.97 Å². The van der Waals surface area contributed by atoms with Crippen molar-refractivity contribution in [2.45, 2.75) is 39.2 Å². The van der Waals surface area contributed by atoms with Gasteiger partial charge in [0.05, 0.1) is 48.1 Å². The van der Waals surface area contributed by atoms with E-state index in [9.17, 15) is 4.79 Å². The van der Waals surface area contributed by atoms with Crippen LogP contribution in [-0.2, 0) is 22.4 Å². The van der Waals surface area contributed by atoms with E-state index in [-0.39, 0.29) is 12.0 Å². The molecule has 0 amide bonds. The lowest BCUT2D eigenvalue weighted by Gasteiger charge is -2.35. The molecule has 0 aliphatic carbocycles. The van der Waals surface area contributed by atoms with Crippen LogP contribution >= 0.6 is 0 Å². The van der Waals surface area contributed by atoms with Gasteiger partial charge in [0.25, 0.3) is 0 Å². The molecule has 0 radical (unpaired) electrons. The minimum Gasteiger partial charge on any atom is -0.493 e. The number of hydrogen-bond donors (Lipinski definition) is 1. The Morgan fingerprint density at radius 1 is 0.970 bits per heavy atom. The Balaban J connectivity index is 1.95. The van der Waals surface area contributed by atoms with E-state index in [2.05, 4.69) is 24.3 Å². The van der Waals surface area contributed by atoms with Gasteiger partial charge < -0.3 is 28.6 Å². The number of methoxy groups -OCH3 is 4. The van der Waals surface area contributed by atoms with E-state index in [0.717, 1.165) is 60.9 Å². The van der Waals surface area contributed by atoms with Crippen LogP contribution in [0.15, 0.2) is 24.3 Å². The third-order valence-corrected chi connectivity index (χ3v) is 6.34. The third-order valence-electron chi connectivity index (χ3n) is 6.34. The fourth-order valence-corrected chi connectivity index (χ4v) is 4.82. The van der Waals surface area contributed by atoms with Gasteiger partial charge in [0, 0.05) is 31.7 Å². The highest BCUT2D eigenvalue weighted by molar-refractivity contribution is 5.65. The fourth-order valence-electron chi connectivity index (χ4n) is 4.82. The first-order chi connectivity index (χ1) is 15.9. The summed E-state index contributed by atoms with van der Waals surface area (Å²) in [6.45, 7) is 5.85. The van der Waals surface area contributed by atoms with Crippen molar-refractivity contribution in [3.8, 4) is 23.0 Å². The zero-order chi connectivity index (χ0) is 24.0. The molecule has 7 heteroatoms. The molecule has 1 N–H and O–H groups in total. The van der Waals surface area contributed by atoms with Gasteiger partial charge in [0.15, 0.2) is 23.0 Å². The number of esters is 1. The van der Waals surface area contributed by atoms with Crippen molar-refractivity contribution >= 4 is 5.97 Å². The molecule has 2 aromatic carbocycles. The average molecular weight is 459 g/mol. The summed E-state index contributed by atoms with van der Waals surface area (Å²) >= 11 is 0. The quantitative estimate of drug-likeness (QED) is 0.436. The first-order valence-corrected chi connectivity index (χ1v) is 11.4. The molecule has 1 aliphatic rings. The van der Waals surface area contributed by atoms with E-state index < -0.39 is 0 Å². The topological polar surface area (TPSA) is 67.7 Å². The van der Waals surface area contributed by atoms with Crippen LogP contribution in [0.3, 0.4) is 0 Å². The lowest BCUT2D eigenvalue weighted by Crippen LogP contribution is -3.13. The molecular formula is C26H36NO6+. The Bertz CT molecular complexity index is 974. The van der Waals surface area contributed by atoms with Gasteiger partial charge in [0.1, 0.15) is 6.04 Å². The molecule has 3 rings (SSSR count). The summed E-state index contributed by atoms with van der Waals surface area (Å²) in [7, 11) is 6.67. The Labute approximate surface area is 196 Å². The van der Waals surface area contributed by atoms with Crippen molar-refractivity contribution in [1.82, 2.24) is 0 Å². The summed E-state index contributed by atoms with van der Waals surface area (Å²) in [5, 5.41) is 0. The standard InChI is InChI=1S/C26H35NO6/c1-17-12-19(14-25(31-5)26(17)32-6)13-22-21-16-24(30-4)23(29-3)15-20(21)8-10-27(22)9-7-11-33-18(2)28/h12,14-16,22H,7-11,13H2,1-6H3/p+1/t22-/m1/s1. The normalized spacial score (nSPS) is 17.2. The number of nitrogens with one attached hydrogen (secondary N) is 1. The van der Waals surface area contributed by atoms with E-state index in [4.69, 9.17) is 23.7 Å². The maximum Gasteiger partial charge on any atom is 0.302 e. The van der Waals surface area contributed by atoms with E-state index in [1.807, 2.05) is 6.92 Å². The van der Waals surface area contributed by atoms with Crippen molar-refractivity contribution in [2.75, 3.05) is 48.1 Å². The second-order valence-corrected chi connectivity index (χ2v) is 8.41. The second kappa shape index (κ2) is 11.3. The van der Waals surface area contributed by atoms with Gasteiger partial charge in [0.2, 0.25) is 0 Å². The molecule has 2 atom stereocenters. The van der Waals surface area contributed by atoms with Gasteiger partial charge in [-0.2, -0.15) is 0 Å². The van der Waals surface area contributed by atoms with Gasteiger partial charge in [-0.1, -0.05) is 6.07 Å². The zero-order valence-electron chi connectivity index (χ0n) is 20.6. The molecule has 33 heavy (non-hydrogen) atoms. The number of carbonyl (C=O) groups excluding carboxylic acids is 1. The van der Waals surface area contributed by atoms with Crippen LogP contribution in [0.5, 0.6) is 23.0 Å². The predicted octanol–water partition coefficient (Wildman–Crippen LogP) is 2.71. The highest BCUT2D eigenvalue weighted by Crippen LogP contribution is 2.37. The molecule has 7 nitrogen and oxygen atoms in total. The summed E-state index contributed by atoms with van der Waals surface area (Å²) in [6.07, 6.45) is 2.62. The number of carbonyl (C=O) groups is 1. The molecule has 180 valence electrons. The molecule has 0 spiro atoms. The molecule has 0 saturated carbocycles. The Kier molecular flexibility index (Phi) is 8.44. The van der Waals surface area contributed by atoms with Crippen LogP contribution in [-0.4, -0.2) is 54.1 Å². The van der Waals surface area contributed by atoms with Crippen LogP contribution in [0.4, 0.5) is 0 Å². The van der Waals surface area contributed by atoms with Crippen LogP contribution in [0.2, 0.25) is 0 Å². The smallest absolute Gasteiger partial charge is 0.302 e. The van der Waals surface area contributed by atoms with Gasteiger partial charge in [-0.25, -0.2) is 0 Å². The summed E-state index contributed by atoms with van der Waals surface area (Å²) in [4.78, 5) is 12.6. The highest BCUT2D eigenvalue weighted by atomic mass is 16.5. The first kappa shape index (κ1) is 24.7. The molecule has 1 unspecified atom stereocenters. The van der Waals surface area contributed by atoms with Gasteiger partial charge in [-0.3, -0.25) is 4.79 Å². The Hall–Kier alpha value is -2.93. The van der Waals surface area contributed by atoms with Crippen LogP contribution in [0.25, 0.3) is 0 Å². The first-order valence-electron chi connectivity index (χ1n) is 11.4. The fraction of sp³-hybridized carbons (Fsp3) is 0.500. The molecule has 1 heterocycles. The molecular weight excluding hydrogens is 422 g/mol. The van der Waals surface area contributed by atoms with E-state index in [1.165, 1.54) is 28.5 Å². The third kappa shape index (κ3) is 5.71. The lowest BCUT2D eigenvalue weighted by atomic mass is 9.87. The number of ether oxygens (including phenoxy) is 5. The summed E-state index contributed by atoms with van der Waals surface area (Å²) in [5.41, 5.74) is 4.80. The maximum absolute atomic E-state index is 11.2. The van der Waals surface area contributed by atoms with Crippen molar-refractivity contribution in [3.63, 3.8) is 0 Å². The second-order valence-electron chi connectivity index (χ2n) is 8.41. The number of fused-ring (bicyclic) bond motifs is 1. The molecule has 2 aromatic rings. The molecule has 1 aliphatic heterocycles. The summed E-state index contributed by atoms with van der Waals surface area (Å²) < 4.78 is 27.5. The van der Waals surface area contributed by atoms with Crippen LogP contribution < -0.4 is 23.8 Å². The summed E-state index contributed by atoms with van der Waals surface area (Å²) in [6, 6.07) is 8.70. The summed E-state index contributed by atoms with van der Waals surface area (Å²) in [5.74, 6) is 2.78. The number of benzene rings is 2. The average Bonchev–Trinajstić information content (AvgIpc) is 2.81. The van der Waals surface area contributed by atoms with E-state index in [1.54, 1.807) is 28.4 Å². The SMILES string of the molecule is COc1cc2c(cc1OC)[C@@H](Cc1cc(C)c(OC)c(OC)c1)[NH+](CCCOC(C)=O)CC2. The van der Waals surface area contributed by atoms with E-state index >= 15 is 0 Å². The minimum atomic E-state index is -0.233. The molecule has 0 aromatic heterocycles. The van der Waals surface area contributed by atoms with Crippen LogP contribution in [0.1, 0.15) is 41.6 Å². The minimum absolute atomic E-state index is 0.225. The Morgan fingerprint density at radius 2 is 1.67 bits per heavy atom. The number of hydrogen-bond acceptors (Lipinski definition) is 6. The predicted molar refractivity (Wildman–Crippen MR) is 126 cm³/mol. The van der Waals surface area contributed by atoms with Gasteiger partial charge in [-0.15, -0.1) is 0 Å². The lowest BCUT2D eigenvalue weighted by molar-refractivity contribution is -0.934. The number of quaternary nitrogens is 1. The van der Waals surface area contributed by atoms with Crippen molar-refractivity contribution in [3.05, 3.63) is 46.5 Å². The molecule has 0 saturated heterocycles. The van der Waals surface area contributed by atoms with Crippen LogP contribution in [0, 0.1) is 6.92 Å². The number of rotatable bonds is 10. The van der Waals surface area contributed by atoms with E-state index in [0.29, 0.717) is 6.61 Å². The van der Waals surface area contributed by atoms with Crippen molar-refractivity contribution in [1.29, 1.82) is 0 Å². The Morgan fingerprint density at radius 3 is 2.30 bits per heavy atom. The van der Waals surface area contributed by atoms with Gasteiger partial charge in [-0.05, 0) is 41.8 Å². The highest BCUT2D eigenvalue weighted by Gasteiger charge is 2.33. The molecule has 0 fully saturated rings. The zero-order valence-corrected chi connectivity index (χ0v) is 20.6.